The predicted molar refractivity (Wildman–Crippen MR) is 133 cm³/mol. The van der Waals surface area contributed by atoms with E-state index in [4.69, 9.17) is 4.98 Å². The number of thiazole rings is 1. The third kappa shape index (κ3) is 3.80. The summed E-state index contributed by atoms with van der Waals surface area (Å²) in [7, 11) is 0. The number of amides is 3. The van der Waals surface area contributed by atoms with Gasteiger partial charge in [0.15, 0.2) is 0 Å². The highest BCUT2D eigenvalue weighted by Gasteiger charge is 2.40. The molecule has 7 heteroatoms. The highest BCUT2D eigenvalue weighted by atomic mass is 32.1. The largest absolute Gasteiger partial charge is 0.324 e. The quantitative estimate of drug-likeness (QED) is 0.398. The van der Waals surface area contributed by atoms with E-state index in [2.05, 4.69) is 24.4 Å². The van der Waals surface area contributed by atoms with Gasteiger partial charge in [0.05, 0.1) is 16.8 Å². The molecule has 4 aromatic rings. The summed E-state index contributed by atoms with van der Waals surface area (Å²) in [5.74, 6) is -1.34. The molecular formula is C27H21N3O3S. The molecule has 3 aromatic carbocycles. The van der Waals surface area contributed by atoms with E-state index in [0.29, 0.717) is 16.8 Å². The Morgan fingerprint density at radius 1 is 0.882 bits per heavy atom. The van der Waals surface area contributed by atoms with Crippen LogP contribution in [0.3, 0.4) is 0 Å². The Morgan fingerprint density at radius 2 is 1.47 bits per heavy atom. The molecule has 3 amide bonds. The van der Waals surface area contributed by atoms with Crippen molar-refractivity contribution in [1.29, 1.82) is 0 Å². The molecule has 1 unspecified atom stereocenters. The van der Waals surface area contributed by atoms with Gasteiger partial charge in [-0.3, -0.25) is 19.3 Å². The van der Waals surface area contributed by atoms with Gasteiger partial charge in [-0.2, -0.15) is 0 Å². The molecule has 0 radical (unpaired) electrons. The fourth-order valence-electron chi connectivity index (χ4n) is 3.99. The molecule has 0 spiro atoms. The summed E-state index contributed by atoms with van der Waals surface area (Å²) in [6, 6.07) is 21.1. The molecule has 2 heterocycles. The van der Waals surface area contributed by atoms with E-state index in [1.54, 1.807) is 54.7 Å². The van der Waals surface area contributed by atoms with Crippen LogP contribution in [0.4, 0.5) is 5.69 Å². The maximum absolute atomic E-state index is 12.8. The average molecular weight is 468 g/mol. The van der Waals surface area contributed by atoms with Gasteiger partial charge >= 0.3 is 0 Å². The lowest BCUT2D eigenvalue weighted by atomic mass is 10.1. The molecule has 0 saturated heterocycles. The summed E-state index contributed by atoms with van der Waals surface area (Å²) in [4.78, 5) is 43.9. The normalized spacial score (nSPS) is 13.6. The topological polar surface area (TPSA) is 79.4 Å². The van der Waals surface area contributed by atoms with Gasteiger partial charge in [-0.1, -0.05) is 48.5 Å². The number of benzene rings is 3. The summed E-state index contributed by atoms with van der Waals surface area (Å²) in [6.07, 6.45) is 0. The van der Waals surface area contributed by atoms with E-state index in [1.807, 2.05) is 29.6 Å². The minimum absolute atomic E-state index is 0.324. The van der Waals surface area contributed by atoms with Crippen molar-refractivity contribution in [3.8, 4) is 21.8 Å². The van der Waals surface area contributed by atoms with Crippen LogP contribution in [-0.4, -0.2) is 33.6 Å². The molecule has 1 N–H and O–H groups in total. The number of carbonyl (C=O) groups is 3. The summed E-state index contributed by atoms with van der Waals surface area (Å²) in [5.41, 5.74) is 5.31. The van der Waals surface area contributed by atoms with Gasteiger partial charge in [0.25, 0.3) is 11.8 Å². The minimum atomic E-state index is -0.942. The molecule has 1 atom stereocenters. The molecule has 1 aliphatic rings. The third-order valence-corrected chi connectivity index (χ3v) is 6.80. The monoisotopic (exact) mass is 467 g/mol. The van der Waals surface area contributed by atoms with Gasteiger partial charge in [0.1, 0.15) is 11.0 Å². The van der Waals surface area contributed by atoms with E-state index in [1.165, 1.54) is 5.56 Å². The van der Waals surface area contributed by atoms with Gasteiger partial charge in [-0.25, -0.2) is 4.98 Å². The Kier molecular flexibility index (Phi) is 5.55. The van der Waals surface area contributed by atoms with Gasteiger partial charge in [-0.15, -0.1) is 11.3 Å². The van der Waals surface area contributed by atoms with Crippen molar-refractivity contribution in [2.24, 2.45) is 0 Å². The van der Waals surface area contributed by atoms with E-state index in [-0.39, 0.29) is 0 Å². The van der Waals surface area contributed by atoms with Crippen LogP contribution in [-0.2, 0) is 4.79 Å². The molecule has 0 saturated carbocycles. The standard InChI is InChI=1S/C27H21N3O3S/c1-16-7-3-4-8-20(16)25-29-23(15-34-25)18-11-13-19(14-12-18)28-24(31)17(2)30-26(32)21-9-5-6-10-22(21)27(30)33/h3-15,17H,1-2H3,(H,28,31). The van der Waals surface area contributed by atoms with Crippen LogP contribution in [0, 0.1) is 6.92 Å². The van der Waals surface area contributed by atoms with E-state index < -0.39 is 23.8 Å². The second kappa shape index (κ2) is 8.68. The molecule has 168 valence electrons. The number of hydrogen-bond acceptors (Lipinski definition) is 5. The lowest BCUT2D eigenvalue weighted by Crippen LogP contribution is -2.45. The number of aryl methyl sites for hydroxylation is 1. The number of nitrogens with one attached hydrogen (secondary N) is 1. The van der Waals surface area contributed by atoms with Gasteiger partial charge < -0.3 is 5.32 Å². The SMILES string of the molecule is Cc1ccccc1-c1nc(-c2ccc(NC(=O)C(C)N3C(=O)c4ccccc4C3=O)cc2)cs1. The lowest BCUT2D eigenvalue weighted by molar-refractivity contribution is -0.119. The van der Waals surface area contributed by atoms with Crippen LogP contribution in [0.25, 0.3) is 21.8 Å². The predicted octanol–water partition coefficient (Wildman–Crippen LogP) is 5.41. The van der Waals surface area contributed by atoms with Gasteiger partial charge in [-0.05, 0) is 43.7 Å². The van der Waals surface area contributed by atoms with E-state index in [0.717, 1.165) is 26.7 Å². The molecule has 0 bridgehead atoms. The van der Waals surface area contributed by atoms with Crippen LogP contribution in [0.2, 0.25) is 0 Å². The summed E-state index contributed by atoms with van der Waals surface area (Å²) in [5, 5.41) is 5.77. The average Bonchev–Trinajstić information content (AvgIpc) is 3.43. The second-order valence-corrected chi connectivity index (χ2v) is 8.98. The number of carbonyl (C=O) groups excluding carboxylic acids is 3. The minimum Gasteiger partial charge on any atom is -0.324 e. The molecular weight excluding hydrogens is 446 g/mol. The molecule has 1 aromatic heterocycles. The second-order valence-electron chi connectivity index (χ2n) is 8.12. The van der Waals surface area contributed by atoms with Crippen molar-refractivity contribution < 1.29 is 14.4 Å². The fraction of sp³-hybridized carbons (Fsp3) is 0.111. The Bertz CT molecular complexity index is 1390. The Hall–Kier alpha value is -4.10. The van der Waals surface area contributed by atoms with Crippen molar-refractivity contribution in [2.45, 2.75) is 19.9 Å². The number of rotatable bonds is 5. The van der Waals surface area contributed by atoms with E-state index >= 15 is 0 Å². The van der Waals surface area contributed by atoms with Crippen molar-refractivity contribution in [3.63, 3.8) is 0 Å². The van der Waals surface area contributed by atoms with Crippen molar-refractivity contribution >= 4 is 34.7 Å². The third-order valence-electron chi connectivity index (χ3n) is 5.92. The van der Waals surface area contributed by atoms with Crippen LogP contribution < -0.4 is 5.32 Å². The first-order valence-electron chi connectivity index (χ1n) is 10.8. The first-order valence-corrected chi connectivity index (χ1v) is 11.7. The molecule has 6 nitrogen and oxygen atoms in total. The maximum atomic E-state index is 12.8. The molecule has 0 aliphatic carbocycles. The smallest absolute Gasteiger partial charge is 0.262 e. The highest BCUT2D eigenvalue weighted by Crippen LogP contribution is 2.31. The summed E-state index contributed by atoms with van der Waals surface area (Å²) >= 11 is 1.59. The number of anilines is 1. The zero-order valence-corrected chi connectivity index (χ0v) is 19.4. The molecule has 34 heavy (non-hydrogen) atoms. The number of aromatic nitrogens is 1. The number of nitrogens with zero attached hydrogens (tertiary/aromatic N) is 2. The molecule has 5 rings (SSSR count). The zero-order valence-electron chi connectivity index (χ0n) is 18.6. The first kappa shape index (κ1) is 21.7. The van der Waals surface area contributed by atoms with Crippen LogP contribution in [0.15, 0.2) is 78.2 Å². The summed E-state index contributed by atoms with van der Waals surface area (Å²) < 4.78 is 0. The maximum Gasteiger partial charge on any atom is 0.262 e. The molecule has 1 aliphatic heterocycles. The van der Waals surface area contributed by atoms with Crippen LogP contribution in [0.5, 0.6) is 0 Å². The lowest BCUT2D eigenvalue weighted by Gasteiger charge is -2.21. The fourth-order valence-corrected chi connectivity index (χ4v) is 4.91. The summed E-state index contributed by atoms with van der Waals surface area (Å²) in [6.45, 7) is 3.62. The van der Waals surface area contributed by atoms with Crippen molar-refractivity contribution in [2.75, 3.05) is 5.32 Å². The number of fused-ring (bicyclic) bond motifs is 1. The Morgan fingerprint density at radius 3 is 2.09 bits per heavy atom. The molecule has 0 fully saturated rings. The van der Waals surface area contributed by atoms with E-state index in [9.17, 15) is 14.4 Å². The first-order chi connectivity index (χ1) is 16.4. The number of imide groups is 1. The number of hydrogen-bond donors (Lipinski definition) is 1. The highest BCUT2D eigenvalue weighted by molar-refractivity contribution is 7.13. The van der Waals surface area contributed by atoms with Crippen molar-refractivity contribution in [1.82, 2.24) is 9.88 Å². The zero-order chi connectivity index (χ0) is 23.8. The van der Waals surface area contributed by atoms with Gasteiger partial charge in [0, 0.05) is 22.2 Å². The van der Waals surface area contributed by atoms with Crippen LogP contribution >= 0.6 is 11.3 Å². The van der Waals surface area contributed by atoms with Crippen molar-refractivity contribution in [3.05, 3.63) is 94.9 Å². The van der Waals surface area contributed by atoms with Gasteiger partial charge in [0.2, 0.25) is 5.91 Å². The Labute approximate surface area is 200 Å². The van der Waals surface area contributed by atoms with Crippen LogP contribution in [0.1, 0.15) is 33.2 Å². The Balaban J connectivity index is 1.29.